The summed E-state index contributed by atoms with van der Waals surface area (Å²) in [7, 11) is 0. The van der Waals surface area contributed by atoms with Crippen LogP contribution in [0, 0.1) is 0 Å². The second kappa shape index (κ2) is 7.39. The van der Waals surface area contributed by atoms with Crippen LogP contribution in [0.15, 0.2) is 42.5 Å². The van der Waals surface area contributed by atoms with E-state index in [1.807, 2.05) is 12.1 Å². The fourth-order valence-electron chi connectivity index (χ4n) is 2.26. The molecule has 2 N–H and O–H groups in total. The van der Waals surface area contributed by atoms with E-state index in [0.29, 0.717) is 30.2 Å². The fourth-order valence-corrected chi connectivity index (χ4v) is 2.26. The zero-order chi connectivity index (χ0) is 17.7. The topological polar surface area (TPSA) is 61.5 Å². The van der Waals surface area contributed by atoms with Crippen molar-refractivity contribution < 1.29 is 14.3 Å². The number of benzene rings is 2. The number of rotatable bonds is 5. The van der Waals surface area contributed by atoms with Gasteiger partial charge >= 0.3 is 5.97 Å². The molecule has 0 atom stereocenters. The minimum atomic E-state index is -0.378. The highest BCUT2D eigenvalue weighted by atomic mass is 16.5. The van der Waals surface area contributed by atoms with Gasteiger partial charge in [-0.3, -0.25) is 0 Å². The van der Waals surface area contributed by atoms with Crippen molar-refractivity contribution in [1.82, 2.24) is 0 Å². The molecule has 0 aliphatic heterocycles. The van der Waals surface area contributed by atoms with Crippen LogP contribution in [-0.2, 0) is 16.8 Å². The molecule has 24 heavy (non-hydrogen) atoms. The number of nitrogen functional groups attached to an aromatic ring is 1. The molecule has 2 aromatic rings. The fraction of sp³-hybridized carbons (Fsp3) is 0.350. The van der Waals surface area contributed by atoms with Crippen molar-refractivity contribution >= 4 is 11.7 Å². The summed E-state index contributed by atoms with van der Waals surface area (Å²) in [4.78, 5) is 11.8. The number of carbonyl (C=O) groups excluding carboxylic acids is 1. The monoisotopic (exact) mass is 327 g/mol. The van der Waals surface area contributed by atoms with E-state index in [2.05, 4.69) is 32.9 Å². The number of hydrogen-bond donors (Lipinski definition) is 1. The van der Waals surface area contributed by atoms with Crippen LogP contribution in [0.2, 0.25) is 0 Å². The molecule has 0 aliphatic rings. The van der Waals surface area contributed by atoms with Gasteiger partial charge < -0.3 is 15.2 Å². The van der Waals surface area contributed by atoms with Crippen molar-refractivity contribution in [3.05, 3.63) is 59.2 Å². The maximum absolute atomic E-state index is 11.8. The lowest BCUT2D eigenvalue weighted by atomic mass is 9.87. The molecule has 0 amide bonds. The molecule has 128 valence electrons. The van der Waals surface area contributed by atoms with E-state index in [9.17, 15) is 4.79 Å². The molecule has 2 aromatic carbocycles. The molecule has 0 saturated heterocycles. The van der Waals surface area contributed by atoms with Crippen LogP contribution in [0.4, 0.5) is 5.69 Å². The number of nitrogens with two attached hydrogens (primary N) is 1. The lowest BCUT2D eigenvalue weighted by Crippen LogP contribution is -2.11. The van der Waals surface area contributed by atoms with E-state index >= 15 is 0 Å². The summed E-state index contributed by atoms with van der Waals surface area (Å²) in [6.07, 6.45) is 0. The van der Waals surface area contributed by atoms with Crippen molar-refractivity contribution in [2.24, 2.45) is 0 Å². The quantitative estimate of drug-likeness (QED) is 0.656. The van der Waals surface area contributed by atoms with Gasteiger partial charge in [-0.1, -0.05) is 45.0 Å². The van der Waals surface area contributed by atoms with E-state index in [-0.39, 0.29) is 11.4 Å². The summed E-state index contributed by atoms with van der Waals surface area (Å²) in [5, 5.41) is 0. The molecule has 0 saturated carbocycles. The number of hydrogen-bond acceptors (Lipinski definition) is 4. The van der Waals surface area contributed by atoms with Gasteiger partial charge in [0.25, 0.3) is 0 Å². The number of anilines is 1. The van der Waals surface area contributed by atoms with Gasteiger partial charge in [0.05, 0.1) is 17.9 Å². The highest BCUT2D eigenvalue weighted by molar-refractivity contribution is 5.90. The third-order valence-corrected chi connectivity index (χ3v) is 3.74. The highest BCUT2D eigenvalue weighted by Gasteiger charge is 2.13. The normalized spacial score (nSPS) is 11.2. The Morgan fingerprint density at radius 1 is 1.08 bits per heavy atom. The van der Waals surface area contributed by atoms with Crippen molar-refractivity contribution in [3.8, 4) is 5.75 Å². The SMILES string of the molecule is CCOC(=O)c1ccc(N)c(OCc2ccc(C(C)(C)C)cc2)c1. The van der Waals surface area contributed by atoms with Crippen molar-refractivity contribution in [1.29, 1.82) is 0 Å². The Labute approximate surface area is 143 Å². The van der Waals surface area contributed by atoms with E-state index in [1.165, 1.54) is 5.56 Å². The summed E-state index contributed by atoms with van der Waals surface area (Å²) in [6.45, 7) is 9.04. The Bertz CT molecular complexity index is 700. The van der Waals surface area contributed by atoms with Crippen LogP contribution in [0.1, 0.15) is 49.2 Å². The molecule has 0 unspecified atom stereocenters. The lowest BCUT2D eigenvalue weighted by Gasteiger charge is -2.19. The number of esters is 1. The molecule has 4 heteroatoms. The van der Waals surface area contributed by atoms with Gasteiger partial charge in [-0.25, -0.2) is 4.79 Å². The van der Waals surface area contributed by atoms with Crippen LogP contribution in [-0.4, -0.2) is 12.6 Å². The van der Waals surface area contributed by atoms with Gasteiger partial charge in [0, 0.05) is 0 Å². The van der Waals surface area contributed by atoms with E-state index in [1.54, 1.807) is 25.1 Å². The molecule has 0 aromatic heterocycles. The Hall–Kier alpha value is -2.49. The summed E-state index contributed by atoms with van der Waals surface area (Å²) < 4.78 is 10.8. The molecule has 2 rings (SSSR count). The lowest BCUT2D eigenvalue weighted by molar-refractivity contribution is 0.0526. The second-order valence-electron chi connectivity index (χ2n) is 6.71. The van der Waals surface area contributed by atoms with Gasteiger partial charge in [0.2, 0.25) is 0 Å². The molecule has 0 bridgehead atoms. The summed E-state index contributed by atoms with van der Waals surface area (Å²) in [5.41, 5.74) is 9.30. The first-order valence-corrected chi connectivity index (χ1v) is 8.10. The minimum absolute atomic E-state index is 0.123. The summed E-state index contributed by atoms with van der Waals surface area (Å²) in [6, 6.07) is 13.2. The van der Waals surface area contributed by atoms with Crippen LogP contribution >= 0.6 is 0 Å². The maximum Gasteiger partial charge on any atom is 0.338 e. The van der Waals surface area contributed by atoms with Gasteiger partial charge in [-0.2, -0.15) is 0 Å². The van der Waals surface area contributed by atoms with Gasteiger partial charge in [0.15, 0.2) is 0 Å². The standard InChI is InChI=1S/C20H25NO3/c1-5-23-19(22)15-8-11-17(21)18(12-15)24-13-14-6-9-16(10-7-14)20(2,3)4/h6-12H,5,13,21H2,1-4H3. The van der Waals surface area contributed by atoms with Gasteiger partial charge in [-0.15, -0.1) is 0 Å². The molecule has 0 fully saturated rings. The third-order valence-electron chi connectivity index (χ3n) is 3.74. The predicted octanol–water partition coefficient (Wildman–Crippen LogP) is 4.32. The maximum atomic E-state index is 11.8. The Balaban J connectivity index is 2.08. The number of carbonyl (C=O) groups is 1. The first-order valence-electron chi connectivity index (χ1n) is 8.10. The summed E-state index contributed by atoms with van der Waals surface area (Å²) >= 11 is 0. The van der Waals surface area contributed by atoms with Crippen molar-refractivity contribution in [2.45, 2.75) is 39.7 Å². The molecule has 0 radical (unpaired) electrons. The van der Waals surface area contributed by atoms with E-state index in [4.69, 9.17) is 15.2 Å². The largest absolute Gasteiger partial charge is 0.487 e. The molecular weight excluding hydrogens is 302 g/mol. The average Bonchev–Trinajstić information content (AvgIpc) is 2.54. The third kappa shape index (κ3) is 4.51. The Morgan fingerprint density at radius 3 is 2.33 bits per heavy atom. The predicted molar refractivity (Wildman–Crippen MR) is 96.3 cm³/mol. The zero-order valence-electron chi connectivity index (χ0n) is 14.8. The molecule has 0 aliphatic carbocycles. The van der Waals surface area contributed by atoms with Crippen LogP contribution < -0.4 is 10.5 Å². The van der Waals surface area contributed by atoms with Gasteiger partial charge in [0.1, 0.15) is 12.4 Å². The van der Waals surface area contributed by atoms with Crippen molar-refractivity contribution in [2.75, 3.05) is 12.3 Å². The van der Waals surface area contributed by atoms with E-state index in [0.717, 1.165) is 5.56 Å². The van der Waals surface area contributed by atoms with Crippen LogP contribution in [0.25, 0.3) is 0 Å². The van der Waals surface area contributed by atoms with Crippen LogP contribution in [0.5, 0.6) is 5.75 Å². The Morgan fingerprint density at radius 2 is 1.75 bits per heavy atom. The first kappa shape index (κ1) is 17.9. The highest BCUT2D eigenvalue weighted by Crippen LogP contribution is 2.25. The molecule has 4 nitrogen and oxygen atoms in total. The number of ether oxygens (including phenoxy) is 2. The second-order valence-corrected chi connectivity index (χ2v) is 6.71. The average molecular weight is 327 g/mol. The molecular formula is C20H25NO3. The summed E-state index contributed by atoms with van der Waals surface area (Å²) in [5.74, 6) is 0.109. The van der Waals surface area contributed by atoms with Gasteiger partial charge in [-0.05, 0) is 41.7 Å². The first-order chi connectivity index (χ1) is 11.3. The van der Waals surface area contributed by atoms with E-state index < -0.39 is 0 Å². The molecule has 0 spiro atoms. The van der Waals surface area contributed by atoms with Crippen LogP contribution in [0.3, 0.4) is 0 Å². The van der Waals surface area contributed by atoms with Crippen molar-refractivity contribution in [3.63, 3.8) is 0 Å². The zero-order valence-corrected chi connectivity index (χ0v) is 14.8. The smallest absolute Gasteiger partial charge is 0.338 e. The minimum Gasteiger partial charge on any atom is -0.487 e. The Kier molecular flexibility index (Phi) is 5.50. The molecule has 0 heterocycles.